The molecule has 0 radical (unpaired) electrons. The number of hydrogen-bond donors (Lipinski definition) is 1. The maximum absolute atomic E-state index is 11.9. The Balaban J connectivity index is 1.65. The molecule has 2 rings (SSSR count). The third kappa shape index (κ3) is 5.26. The summed E-state index contributed by atoms with van der Waals surface area (Å²) < 4.78 is 5.19. The first-order valence-corrected chi connectivity index (χ1v) is 8.22. The molecule has 1 aliphatic rings. The summed E-state index contributed by atoms with van der Waals surface area (Å²) in [7, 11) is 0. The second kappa shape index (κ2) is 8.31. The van der Waals surface area contributed by atoms with E-state index in [1.165, 1.54) is 11.3 Å². The molecule has 8 heteroatoms. The molecule has 1 N–H and O–H groups in total. The topological polar surface area (TPSA) is 71.5 Å². The molecule has 0 unspecified atom stereocenters. The van der Waals surface area contributed by atoms with E-state index in [0.717, 1.165) is 10.7 Å². The molecule has 2 amide bonds. The van der Waals surface area contributed by atoms with E-state index in [4.69, 9.17) is 16.3 Å². The zero-order valence-corrected chi connectivity index (χ0v) is 13.2. The van der Waals surface area contributed by atoms with E-state index in [9.17, 15) is 9.59 Å². The van der Waals surface area contributed by atoms with Crippen molar-refractivity contribution in [3.8, 4) is 0 Å². The number of ether oxygens (including phenoxy) is 1. The van der Waals surface area contributed by atoms with Crippen LogP contribution in [0.15, 0.2) is 5.38 Å². The first-order chi connectivity index (χ1) is 10.2. The molecular formula is C13H18ClN3O3S. The van der Waals surface area contributed by atoms with Crippen LogP contribution in [0.1, 0.15) is 17.1 Å². The molecule has 1 fully saturated rings. The number of amides is 2. The van der Waals surface area contributed by atoms with Crippen LogP contribution in [0.2, 0.25) is 0 Å². The predicted octanol–water partition coefficient (Wildman–Crippen LogP) is 0.790. The number of carbonyl (C=O) groups excluding carboxylic acids is 2. The van der Waals surface area contributed by atoms with Gasteiger partial charge in [0.1, 0.15) is 5.01 Å². The van der Waals surface area contributed by atoms with Crippen molar-refractivity contribution in [2.24, 2.45) is 0 Å². The number of alkyl halides is 1. The smallest absolute Gasteiger partial charge is 0.226 e. The summed E-state index contributed by atoms with van der Waals surface area (Å²) >= 11 is 7.08. The Bertz CT molecular complexity index is 489. The lowest BCUT2D eigenvalue weighted by Gasteiger charge is -2.26. The molecule has 1 aliphatic heterocycles. The first kappa shape index (κ1) is 16.2. The summed E-state index contributed by atoms with van der Waals surface area (Å²) in [5, 5.41) is 5.33. The number of carbonyl (C=O) groups is 2. The normalized spacial score (nSPS) is 15.0. The number of rotatable bonds is 6. The fourth-order valence-corrected chi connectivity index (χ4v) is 2.99. The van der Waals surface area contributed by atoms with E-state index in [2.05, 4.69) is 10.3 Å². The van der Waals surface area contributed by atoms with E-state index in [0.29, 0.717) is 45.1 Å². The summed E-state index contributed by atoms with van der Waals surface area (Å²) in [4.78, 5) is 29.6. The highest BCUT2D eigenvalue weighted by Gasteiger charge is 2.16. The molecule has 1 aromatic rings. The van der Waals surface area contributed by atoms with Crippen molar-refractivity contribution in [1.82, 2.24) is 15.2 Å². The Hall–Kier alpha value is -1.18. The molecule has 1 saturated heterocycles. The van der Waals surface area contributed by atoms with Gasteiger partial charge in [-0.25, -0.2) is 4.98 Å². The van der Waals surface area contributed by atoms with Gasteiger partial charge in [-0.3, -0.25) is 9.59 Å². The van der Waals surface area contributed by atoms with Crippen LogP contribution in [0.5, 0.6) is 0 Å². The highest BCUT2D eigenvalue weighted by Crippen LogP contribution is 2.12. The summed E-state index contributed by atoms with van der Waals surface area (Å²) in [6, 6.07) is 0. The number of aromatic nitrogens is 1. The van der Waals surface area contributed by atoms with E-state index >= 15 is 0 Å². The molecule has 0 bridgehead atoms. The van der Waals surface area contributed by atoms with Crippen LogP contribution in [0.25, 0.3) is 0 Å². The highest BCUT2D eigenvalue weighted by atomic mass is 35.5. The average Bonchev–Trinajstić information content (AvgIpc) is 2.95. The average molecular weight is 332 g/mol. The van der Waals surface area contributed by atoms with Gasteiger partial charge in [-0.2, -0.15) is 0 Å². The zero-order valence-electron chi connectivity index (χ0n) is 11.6. The molecular weight excluding hydrogens is 314 g/mol. The molecule has 0 aliphatic carbocycles. The number of hydrogen-bond acceptors (Lipinski definition) is 5. The maximum atomic E-state index is 11.9. The number of thiazole rings is 1. The molecule has 116 valence electrons. The van der Waals surface area contributed by atoms with Gasteiger partial charge in [-0.1, -0.05) is 0 Å². The molecule has 2 heterocycles. The standard InChI is InChI=1S/C13H18ClN3O3S/c14-8-10-9-21-12(16-10)7-11(18)15-2-1-13(19)17-3-5-20-6-4-17/h9H,1-8H2,(H,15,18). The fourth-order valence-electron chi connectivity index (χ4n) is 1.97. The molecule has 0 saturated carbocycles. The van der Waals surface area contributed by atoms with E-state index < -0.39 is 0 Å². The second-order valence-electron chi connectivity index (χ2n) is 4.64. The van der Waals surface area contributed by atoms with Gasteiger partial charge in [-0.05, 0) is 0 Å². The first-order valence-electron chi connectivity index (χ1n) is 6.80. The lowest BCUT2D eigenvalue weighted by Crippen LogP contribution is -2.42. The van der Waals surface area contributed by atoms with Gasteiger partial charge in [0.05, 0.1) is 31.2 Å². The van der Waals surface area contributed by atoms with Crippen molar-refractivity contribution < 1.29 is 14.3 Å². The van der Waals surface area contributed by atoms with Crippen LogP contribution >= 0.6 is 22.9 Å². The monoisotopic (exact) mass is 331 g/mol. The van der Waals surface area contributed by atoms with Crippen molar-refractivity contribution in [3.63, 3.8) is 0 Å². The van der Waals surface area contributed by atoms with Crippen LogP contribution in [0.4, 0.5) is 0 Å². The number of nitrogens with one attached hydrogen (secondary N) is 1. The third-order valence-electron chi connectivity index (χ3n) is 3.07. The van der Waals surface area contributed by atoms with Crippen molar-refractivity contribution >= 4 is 34.8 Å². The van der Waals surface area contributed by atoms with Crippen LogP contribution in [-0.2, 0) is 26.6 Å². The SMILES string of the molecule is O=C(Cc1nc(CCl)cs1)NCCC(=O)N1CCOCC1. The Morgan fingerprint density at radius 1 is 1.43 bits per heavy atom. The summed E-state index contributed by atoms with van der Waals surface area (Å²) in [6.45, 7) is 2.79. The fraction of sp³-hybridized carbons (Fsp3) is 0.615. The highest BCUT2D eigenvalue weighted by molar-refractivity contribution is 7.09. The lowest BCUT2D eigenvalue weighted by atomic mass is 10.3. The minimum atomic E-state index is -0.125. The molecule has 21 heavy (non-hydrogen) atoms. The lowest BCUT2D eigenvalue weighted by molar-refractivity contribution is -0.135. The summed E-state index contributed by atoms with van der Waals surface area (Å²) in [6.07, 6.45) is 0.545. The van der Waals surface area contributed by atoms with Gasteiger partial charge in [0, 0.05) is 31.4 Å². The van der Waals surface area contributed by atoms with Crippen molar-refractivity contribution in [2.45, 2.75) is 18.7 Å². The van der Waals surface area contributed by atoms with Gasteiger partial charge in [0.2, 0.25) is 11.8 Å². The van der Waals surface area contributed by atoms with Crippen LogP contribution < -0.4 is 5.32 Å². The van der Waals surface area contributed by atoms with Crippen LogP contribution in [0.3, 0.4) is 0 Å². The van der Waals surface area contributed by atoms with E-state index in [1.54, 1.807) is 4.90 Å². The summed E-state index contributed by atoms with van der Waals surface area (Å²) in [5.74, 6) is 0.282. The minimum Gasteiger partial charge on any atom is -0.378 e. The van der Waals surface area contributed by atoms with Gasteiger partial charge in [0.15, 0.2) is 0 Å². The van der Waals surface area contributed by atoms with E-state index in [-0.39, 0.29) is 18.2 Å². The molecule has 0 aromatic carbocycles. The minimum absolute atomic E-state index is 0.0530. The number of nitrogens with zero attached hydrogens (tertiary/aromatic N) is 2. The Labute approximate surface area is 132 Å². The quantitative estimate of drug-likeness (QED) is 0.782. The van der Waals surface area contributed by atoms with Gasteiger partial charge >= 0.3 is 0 Å². The molecule has 0 atom stereocenters. The molecule has 1 aromatic heterocycles. The van der Waals surface area contributed by atoms with Crippen molar-refractivity contribution in [1.29, 1.82) is 0 Å². The number of morpholine rings is 1. The number of halogens is 1. The van der Waals surface area contributed by atoms with Crippen molar-refractivity contribution in [3.05, 3.63) is 16.1 Å². The van der Waals surface area contributed by atoms with Gasteiger partial charge < -0.3 is 15.0 Å². The van der Waals surface area contributed by atoms with Gasteiger partial charge in [0.25, 0.3) is 0 Å². The van der Waals surface area contributed by atoms with E-state index in [1.807, 2.05) is 5.38 Å². The van der Waals surface area contributed by atoms with Gasteiger partial charge in [-0.15, -0.1) is 22.9 Å². The Kier molecular flexibility index (Phi) is 6.41. The zero-order chi connectivity index (χ0) is 15.1. The molecule has 6 nitrogen and oxygen atoms in total. The van der Waals surface area contributed by atoms with Crippen molar-refractivity contribution in [2.75, 3.05) is 32.8 Å². The third-order valence-corrected chi connectivity index (χ3v) is 4.24. The molecule has 0 spiro atoms. The largest absolute Gasteiger partial charge is 0.378 e. The Morgan fingerprint density at radius 3 is 2.86 bits per heavy atom. The van der Waals surface area contributed by atoms with Crippen LogP contribution in [-0.4, -0.2) is 54.5 Å². The maximum Gasteiger partial charge on any atom is 0.226 e. The predicted molar refractivity (Wildman–Crippen MR) is 80.4 cm³/mol. The van der Waals surface area contributed by atoms with Crippen LogP contribution in [0, 0.1) is 0 Å². The second-order valence-corrected chi connectivity index (χ2v) is 5.85. The Morgan fingerprint density at radius 2 is 2.19 bits per heavy atom. The summed E-state index contributed by atoms with van der Waals surface area (Å²) in [5.41, 5.74) is 0.784.